The van der Waals surface area contributed by atoms with Gasteiger partial charge in [-0.2, -0.15) is 0 Å². The van der Waals surface area contributed by atoms with Crippen LogP contribution in [-0.2, 0) is 4.79 Å². The van der Waals surface area contributed by atoms with E-state index in [0.717, 1.165) is 17.7 Å². The quantitative estimate of drug-likeness (QED) is 0.712. The molecule has 0 heterocycles. The second-order valence-corrected chi connectivity index (χ2v) is 3.18. The van der Waals surface area contributed by atoms with E-state index in [4.69, 9.17) is 0 Å². The second-order valence-electron chi connectivity index (χ2n) is 2.03. The zero-order valence-electron chi connectivity index (χ0n) is 9.31. The van der Waals surface area contributed by atoms with Crippen LogP contribution in [0.1, 0.15) is 34.1 Å². The zero-order chi connectivity index (χ0) is 10.7. The Balaban J connectivity index is 0. The summed E-state index contributed by atoms with van der Waals surface area (Å²) in [5.74, 6) is 1.05. The lowest BCUT2D eigenvalue weighted by Gasteiger charge is -2.00. The first-order chi connectivity index (χ1) is 6.26. The normalized spacial score (nSPS) is 10.1. The molecule has 1 N–H and O–H groups in total. The first kappa shape index (κ1) is 15.1. The van der Waals surface area contributed by atoms with E-state index < -0.39 is 0 Å². The van der Waals surface area contributed by atoms with Gasteiger partial charge in [0.1, 0.15) is 0 Å². The maximum Gasteiger partial charge on any atom is 0.247 e. The number of nitrogens with one attached hydrogen (secondary N) is 1. The molecule has 0 spiro atoms. The molecule has 0 saturated carbocycles. The molecule has 3 heteroatoms. The summed E-state index contributed by atoms with van der Waals surface area (Å²) < 4.78 is 0. The summed E-state index contributed by atoms with van der Waals surface area (Å²) in [6.45, 7) is 8.05. The Morgan fingerprint density at radius 3 is 2.23 bits per heavy atom. The molecule has 78 valence electrons. The Morgan fingerprint density at radius 2 is 1.92 bits per heavy atom. The van der Waals surface area contributed by atoms with E-state index in [1.807, 2.05) is 26.2 Å². The van der Waals surface area contributed by atoms with E-state index in [0.29, 0.717) is 0 Å². The fourth-order valence-corrected chi connectivity index (χ4v) is 1.28. The van der Waals surface area contributed by atoms with Crippen molar-refractivity contribution >= 4 is 17.7 Å². The lowest BCUT2D eigenvalue weighted by molar-refractivity contribution is -0.117. The molecule has 0 atom stereocenters. The van der Waals surface area contributed by atoms with Gasteiger partial charge in [-0.05, 0) is 17.6 Å². The summed E-state index contributed by atoms with van der Waals surface area (Å²) >= 11 is 1.66. The van der Waals surface area contributed by atoms with Gasteiger partial charge in [0.25, 0.3) is 0 Å². The fraction of sp³-hybridized carbons (Fsp3) is 0.700. The second kappa shape index (κ2) is 11.6. The highest BCUT2D eigenvalue weighted by atomic mass is 32.2. The Kier molecular flexibility index (Phi) is 13.4. The van der Waals surface area contributed by atoms with Crippen LogP contribution in [0.15, 0.2) is 11.0 Å². The van der Waals surface area contributed by atoms with Crippen molar-refractivity contribution < 1.29 is 4.79 Å². The van der Waals surface area contributed by atoms with Gasteiger partial charge in [-0.25, -0.2) is 0 Å². The minimum absolute atomic E-state index is 0.0356. The van der Waals surface area contributed by atoms with E-state index in [2.05, 4.69) is 12.2 Å². The van der Waals surface area contributed by atoms with Gasteiger partial charge < -0.3 is 5.32 Å². The molecule has 0 aromatic heterocycles. The van der Waals surface area contributed by atoms with E-state index >= 15 is 0 Å². The van der Waals surface area contributed by atoms with Crippen molar-refractivity contribution in [3.8, 4) is 0 Å². The van der Waals surface area contributed by atoms with Gasteiger partial charge in [0.05, 0.1) is 0 Å². The molecule has 0 aromatic carbocycles. The molecule has 0 saturated heterocycles. The number of rotatable bonds is 4. The molecule has 0 aliphatic carbocycles. The summed E-state index contributed by atoms with van der Waals surface area (Å²) in [5.41, 5.74) is 0.861. The standard InChI is InChI=1S/C8H15NOS.C2H6/c1-4-7(6-11-5-2)8(10)9-3;1-2/h6H,4-5H2,1-3H3,(H,9,10);1-2H3/b7-6+;. The van der Waals surface area contributed by atoms with Crippen LogP contribution >= 0.6 is 11.8 Å². The topological polar surface area (TPSA) is 29.1 Å². The molecule has 0 fully saturated rings. The van der Waals surface area contributed by atoms with Crippen LogP contribution in [0, 0.1) is 0 Å². The van der Waals surface area contributed by atoms with Gasteiger partial charge in [-0.1, -0.05) is 27.7 Å². The molecular weight excluding hydrogens is 182 g/mol. The molecule has 0 aromatic rings. The third kappa shape index (κ3) is 7.91. The zero-order valence-corrected chi connectivity index (χ0v) is 10.1. The largest absolute Gasteiger partial charge is 0.355 e. The maximum atomic E-state index is 11.1. The van der Waals surface area contributed by atoms with Crippen molar-refractivity contribution in [2.24, 2.45) is 0 Å². The van der Waals surface area contributed by atoms with Crippen LogP contribution in [0.25, 0.3) is 0 Å². The molecule has 0 bridgehead atoms. The van der Waals surface area contributed by atoms with Crippen molar-refractivity contribution in [2.45, 2.75) is 34.1 Å². The highest BCUT2D eigenvalue weighted by Gasteiger charge is 2.02. The molecule has 0 radical (unpaired) electrons. The predicted octanol–water partition coefficient (Wildman–Crippen LogP) is 2.81. The van der Waals surface area contributed by atoms with Gasteiger partial charge in [0.2, 0.25) is 5.91 Å². The van der Waals surface area contributed by atoms with E-state index in [1.165, 1.54) is 0 Å². The number of hydrogen-bond donors (Lipinski definition) is 1. The number of carbonyl (C=O) groups excluding carboxylic acids is 1. The molecule has 1 amide bonds. The van der Waals surface area contributed by atoms with Gasteiger partial charge in [0, 0.05) is 12.6 Å². The third-order valence-corrected chi connectivity index (χ3v) is 2.08. The molecule has 0 aliphatic rings. The lowest BCUT2D eigenvalue weighted by Crippen LogP contribution is -2.19. The van der Waals surface area contributed by atoms with E-state index in [-0.39, 0.29) is 5.91 Å². The van der Waals surface area contributed by atoms with Crippen LogP contribution in [0.3, 0.4) is 0 Å². The van der Waals surface area contributed by atoms with Crippen molar-refractivity contribution in [3.05, 3.63) is 11.0 Å². The molecule has 13 heavy (non-hydrogen) atoms. The van der Waals surface area contributed by atoms with Gasteiger partial charge in [0.15, 0.2) is 0 Å². The fourth-order valence-electron chi connectivity index (χ4n) is 0.642. The van der Waals surface area contributed by atoms with Crippen molar-refractivity contribution in [1.29, 1.82) is 0 Å². The molecule has 0 unspecified atom stereocenters. The SMILES string of the molecule is CC.CCS/C=C(\CC)C(=O)NC. The Bertz CT molecular complexity index is 155. The van der Waals surface area contributed by atoms with Crippen molar-refractivity contribution in [3.63, 3.8) is 0 Å². The average Bonchev–Trinajstić information content (AvgIpc) is 2.21. The van der Waals surface area contributed by atoms with E-state index in [1.54, 1.807) is 18.8 Å². The minimum Gasteiger partial charge on any atom is -0.355 e. The summed E-state index contributed by atoms with van der Waals surface area (Å²) in [6, 6.07) is 0. The number of thioether (sulfide) groups is 1. The summed E-state index contributed by atoms with van der Waals surface area (Å²) in [6.07, 6.45) is 0.798. The number of carbonyl (C=O) groups is 1. The lowest BCUT2D eigenvalue weighted by atomic mass is 10.2. The van der Waals surface area contributed by atoms with E-state index in [9.17, 15) is 4.79 Å². The smallest absolute Gasteiger partial charge is 0.247 e. The van der Waals surface area contributed by atoms with Crippen LogP contribution in [-0.4, -0.2) is 18.7 Å². The predicted molar refractivity (Wildman–Crippen MR) is 61.9 cm³/mol. The first-order valence-corrected chi connectivity index (χ1v) is 5.83. The Labute approximate surface area is 86.2 Å². The molecule has 2 nitrogen and oxygen atoms in total. The molecular formula is C10H21NOS. The van der Waals surface area contributed by atoms with Crippen LogP contribution in [0.4, 0.5) is 0 Å². The van der Waals surface area contributed by atoms with Gasteiger partial charge >= 0.3 is 0 Å². The van der Waals surface area contributed by atoms with Crippen LogP contribution < -0.4 is 5.32 Å². The Morgan fingerprint density at radius 1 is 1.38 bits per heavy atom. The third-order valence-electron chi connectivity index (χ3n) is 1.29. The summed E-state index contributed by atoms with van der Waals surface area (Å²) in [5, 5.41) is 4.53. The highest BCUT2D eigenvalue weighted by Crippen LogP contribution is 2.09. The first-order valence-electron chi connectivity index (χ1n) is 4.78. The average molecular weight is 203 g/mol. The number of hydrogen-bond acceptors (Lipinski definition) is 2. The highest BCUT2D eigenvalue weighted by molar-refractivity contribution is 8.02. The van der Waals surface area contributed by atoms with Crippen LogP contribution in [0.2, 0.25) is 0 Å². The number of likely N-dealkylation sites (N-methyl/N-ethyl adjacent to an activating group) is 1. The Hall–Kier alpha value is -0.440. The monoisotopic (exact) mass is 203 g/mol. The molecule has 0 rings (SSSR count). The molecule has 0 aliphatic heterocycles. The minimum atomic E-state index is 0.0356. The van der Waals surface area contributed by atoms with Gasteiger partial charge in [-0.3, -0.25) is 4.79 Å². The van der Waals surface area contributed by atoms with Crippen molar-refractivity contribution in [2.75, 3.05) is 12.8 Å². The summed E-state index contributed by atoms with van der Waals surface area (Å²) in [7, 11) is 1.66. The van der Waals surface area contributed by atoms with Gasteiger partial charge in [-0.15, -0.1) is 11.8 Å². The van der Waals surface area contributed by atoms with Crippen LogP contribution in [0.5, 0.6) is 0 Å². The maximum absolute atomic E-state index is 11.1. The van der Waals surface area contributed by atoms with Crippen molar-refractivity contribution in [1.82, 2.24) is 5.32 Å². The number of amides is 1. The summed E-state index contributed by atoms with van der Waals surface area (Å²) in [4.78, 5) is 11.1.